The van der Waals surface area contributed by atoms with Gasteiger partial charge >= 0.3 is 0 Å². The predicted molar refractivity (Wildman–Crippen MR) is 76.3 cm³/mol. The fourth-order valence-electron chi connectivity index (χ4n) is 2.25. The Bertz CT molecular complexity index is 614. The lowest BCUT2D eigenvalue weighted by atomic mass is 10.0. The second-order valence-electron chi connectivity index (χ2n) is 5.22. The first-order chi connectivity index (χ1) is 10.2. The van der Waals surface area contributed by atoms with Crippen LogP contribution < -0.4 is 15.2 Å². The molecule has 3 unspecified atom stereocenters. The standard InChI is InChI=1S/C15H19N3O3/c1-3-10(16)9(2)15-17-14(18-21-15)13-8-19-11-6-4-5-7-12(11)20-13/h4-7,9-10,13H,3,8,16H2,1-2H3. The lowest BCUT2D eigenvalue weighted by molar-refractivity contribution is 0.0832. The van der Waals surface area contributed by atoms with E-state index in [1.807, 2.05) is 38.1 Å². The molecule has 2 aromatic rings. The number of benzene rings is 1. The molecule has 2 heterocycles. The van der Waals surface area contributed by atoms with Gasteiger partial charge in [-0.3, -0.25) is 0 Å². The minimum atomic E-state index is -0.359. The third-order valence-electron chi connectivity index (χ3n) is 3.76. The Morgan fingerprint density at radius 1 is 1.33 bits per heavy atom. The van der Waals surface area contributed by atoms with Gasteiger partial charge in [0.2, 0.25) is 11.7 Å². The van der Waals surface area contributed by atoms with Gasteiger partial charge in [0, 0.05) is 6.04 Å². The van der Waals surface area contributed by atoms with E-state index in [4.69, 9.17) is 19.7 Å². The third-order valence-corrected chi connectivity index (χ3v) is 3.76. The molecule has 0 saturated heterocycles. The van der Waals surface area contributed by atoms with Crippen LogP contribution in [-0.2, 0) is 0 Å². The molecule has 0 spiro atoms. The summed E-state index contributed by atoms with van der Waals surface area (Å²) in [6.07, 6.45) is 0.498. The quantitative estimate of drug-likeness (QED) is 0.930. The maximum atomic E-state index is 6.02. The SMILES string of the molecule is CCC(N)C(C)c1nc(C2COc3ccccc3O2)no1. The summed E-state index contributed by atoms with van der Waals surface area (Å²) in [5.41, 5.74) is 6.02. The van der Waals surface area contributed by atoms with Gasteiger partial charge in [-0.25, -0.2) is 0 Å². The molecule has 0 fully saturated rings. The minimum absolute atomic E-state index is 0.00236. The Kier molecular flexibility index (Phi) is 3.79. The van der Waals surface area contributed by atoms with Crippen molar-refractivity contribution in [2.24, 2.45) is 5.73 Å². The number of fused-ring (bicyclic) bond motifs is 1. The molecule has 1 aliphatic rings. The van der Waals surface area contributed by atoms with Crippen molar-refractivity contribution in [1.82, 2.24) is 10.1 Å². The normalized spacial score (nSPS) is 20.0. The molecule has 1 aliphatic heterocycles. The number of ether oxygens (including phenoxy) is 2. The zero-order chi connectivity index (χ0) is 14.8. The minimum Gasteiger partial charge on any atom is -0.485 e. The number of nitrogens with zero attached hydrogens (tertiary/aromatic N) is 2. The van der Waals surface area contributed by atoms with Gasteiger partial charge in [-0.05, 0) is 18.6 Å². The molecule has 6 heteroatoms. The fraction of sp³-hybridized carbons (Fsp3) is 0.467. The summed E-state index contributed by atoms with van der Waals surface area (Å²) in [4.78, 5) is 4.41. The van der Waals surface area contributed by atoms with Crippen LogP contribution in [0.25, 0.3) is 0 Å². The molecule has 112 valence electrons. The van der Waals surface area contributed by atoms with Crippen LogP contribution in [0.2, 0.25) is 0 Å². The van der Waals surface area contributed by atoms with Crippen molar-refractivity contribution < 1.29 is 14.0 Å². The maximum absolute atomic E-state index is 6.02. The van der Waals surface area contributed by atoms with Gasteiger partial charge in [-0.1, -0.05) is 31.1 Å². The van der Waals surface area contributed by atoms with Crippen LogP contribution in [-0.4, -0.2) is 22.8 Å². The van der Waals surface area contributed by atoms with Gasteiger partial charge in [0.25, 0.3) is 0 Å². The molecule has 0 radical (unpaired) electrons. The molecule has 0 amide bonds. The van der Waals surface area contributed by atoms with Crippen LogP contribution in [0.4, 0.5) is 0 Å². The van der Waals surface area contributed by atoms with Crippen LogP contribution in [0, 0.1) is 0 Å². The Balaban J connectivity index is 1.76. The molecule has 1 aromatic heterocycles. The van der Waals surface area contributed by atoms with Gasteiger partial charge < -0.3 is 19.7 Å². The summed E-state index contributed by atoms with van der Waals surface area (Å²) < 4.78 is 16.8. The predicted octanol–water partition coefficient (Wildman–Crippen LogP) is 2.42. The Labute approximate surface area is 123 Å². The van der Waals surface area contributed by atoms with E-state index in [0.29, 0.717) is 24.1 Å². The van der Waals surface area contributed by atoms with Crippen molar-refractivity contribution >= 4 is 0 Å². The summed E-state index contributed by atoms with van der Waals surface area (Å²) in [5.74, 6) is 2.49. The molecule has 1 aromatic carbocycles. The van der Waals surface area contributed by atoms with Crippen molar-refractivity contribution in [1.29, 1.82) is 0 Å². The van der Waals surface area contributed by atoms with Gasteiger partial charge in [0.1, 0.15) is 6.61 Å². The summed E-state index contributed by atoms with van der Waals surface area (Å²) >= 11 is 0. The van der Waals surface area contributed by atoms with E-state index in [0.717, 1.165) is 12.2 Å². The van der Waals surface area contributed by atoms with Gasteiger partial charge in [-0.15, -0.1) is 0 Å². The smallest absolute Gasteiger partial charge is 0.231 e. The molecule has 0 saturated carbocycles. The second-order valence-corrected chi connectivity index (χ2v) is 5.22. The highest BCUT2D eigenvalue weighted by Crippen LogP contribution is 2.35. The van der Waals surface area contributed by atoms with Gasteiger partial charge in [-0.2, -0.15) is 4.98 Å². The van der Waals surface area contributed by atoms with E-state index >= 15 is 0 Å². The topological polar surface area (TPSA) is 83.4 Å². The monoisotopic (exact) mass is 289 g/mol. The highest BCUT2D eigenvalue weighted by atomic mass is 16.6. The average molecular weight is 289 g/mol. The van der Waals surface area contributed by atoms with Crippen LogP contribution in [0.5, 0.6) is 11.5 Å². The summed E-state index contributed by atoms with van der Waals surface area (Å²) in [6.45, 7) is 4.39. The van der Waals surface area contributed by atoms with E-state index in [1.165, 1.54) is 0 Å². The molecule has 0 aliphatic carbocycles. The second kappa shape index (κ2) is 5.73. The Morgan fingerprint density at radius 3 is 2.86 bits per heavy atom. The van der Waals surface area contributed by atoms with Crippen LogP contribution in [0.3, 0.4) is 0 Å². The first kappa shape index (κ1) is 13.9. The molecular weight excluding hydrogens is 270 g/mol. The van der Waals surface area contributed by atoms with Crippen molar-refractivity contribution in [3.63, 3.8) is 0 Å². The van der Waals surface area contributed by atoms with E-state index < -0.39 is 0 Å². The Hall–Kier alpha value is -2.08. The fourth-order valence-corrected chi connectivity index (χ4v) is 2.25. The molecule has 2 N–H and O–H groups in total. The van der Waals surface area contributed by atoms with Crippen molar-refractivity contribution in [2.75, 3.05) is 6.61 Å². The van der Waals surface area contributed by atoms with Crippen LogP contribution in [0.15, 0.2) is 28.8 Å². The first-order valence-corrected chi connectivity index (χ1v) is 7.16. The zero-order valence-corrected chi connectivity index (χ0v) is 12.2. The highest BCUT2D eigenvalue weighted by molar-refractivity contribution is 5.40. The molecule has 0 bridgehead atoms. The number of hydrogen-bond acceptors (Lipinski definition) is 6. The third kappa shape index (κ3) is 2.71. The van der Waals surface area contributed by atoms with E-state index in [-0.39, 0.29) is 18.1 Å². The number of para-hydroxylation sites is 2. The van der Waals surface area contributed by atoms with Gasteiger partial charge in [0.15, 0.2) is 17.6 Å². The van der Waals surface area contributed by atoms with E-state index in [2.05, 4.69) is 10.1 Å². The first-order valence-electron chi connectivity index (χ1n) is 7.16. The van der Waals surface area contributed by atoms with Gasteiger partial charge in [0.05, 0.1) is 5.92 Å². The number of aromatic nitrogens is 2. The zero-order valence-electron chi connectivity index (χ0n) is 12.2. The Morgan fingerprint density at radius 2 is 2.10 bits per heavy atom. The number of hydrogen-bond donors (Lipinski definition) is 1. The molecule has 6 nitrogen and oxygen atoms in total. The molecule has 3 rings (SSSR count). The molecule has 3 atom stereocenters. The highest BCUT2D eigenvalue weighted by Gasteiger charge is 2.28. The number of nitrogens with two attached hydrogens (primary N) is 1. The van der Waals surface area contributed by atoms with Crippen LogP contribution in [0.1, 0.15) is 44.0 Å². The van der Waals surface area contributed by atoms with E-state index in [1.54, 1.807) is 0 Å². The van der Waals surface area contributed by atoms with Crippen molar-refractivity contribution in [3.05, 3.63) is 36.0 Å². The van der Waals surface area contributed by atoms with Crippen molar-refractivity contribution in [2.45, 2.75) is 38.3 Å². The number of rotatable bonds is 4. The summed E-state index contributed by atoms with van der Waals surface area (Å²) in [6, 6.07) is 7.54. The largest absolute Gasteiger partial charge is 0.485 e. The summed E-state index contributed by atoms with van der Waals surface area (Å²) in [5, 5.41) is 4.00. The lowest BCUT2D eigenvalue weighted by Crippen LogP contribution is -2.26. The molecule has 21 heavy (non-hydrogen) atoms. The maximum Gasteiger partial charge on any atom is 0.231 e. The average Bonchev–Trinajstić information content (AvgIpc) is 3.02. The lowest BCUT2D eigenvalue weighted by Gasteiger charge is -2.24. The van der Waals surface area contributed by atoms with Crippen LogP contribution >= 0.6 is 0 Å². The van der Waals surface area contributed by atoms with E-state index in [9.17, 15) is 0 Å². The summed E-state index contributed by atoms with van der Waals surface area (Å²) in [7, 11) is 0. The molecular formula is C15H19N3O3. The van der Waals surface area contributed by atoms with Crippen molar-refractivity contribution in [3.8, 4) is 11.5 Å².